The van der Waals surface area contributed by atoms with Crippen LogP contribution in [0.2, 0.25) is 0 Å². The van der Waals surface area contributed by atoms with Gasteiger partial charge in [0, 0.05) is 5.56 Å². The van der Waals surface area contributed by atoms with Crippen molar-refractivity contribution in [1.82, 2.24) is 19.9 Å². The molecule has 291 valence electrons. The predicted molar refractivity (Wildman–Crippen MR) is 228 cm³/mol. The molecule has 3 aliphatic rings. The minimum absolute atomic E-state index is 0. The molecule has 0 saturated heterocycles. The Hall–Kier alpha value is -7.13. The van der Waals surface area contributed by atoms with Crippen LogP contribution in [0.5, 0.6) is 23.0 Å². The van der Waals surface area contributed by atoms with Gasteiger partial charge in [-0.1, -0.05) is 60.7 Å². The third-order valence-electron chi connectivity index (χ3n) is 10.8. The average molecular weight is 822 g/mol. The fraction of sp³-hybridized carbons (Fsp3) is 0.0816. The maximum absolute atomic E-state index is 14.5. The van der Waals surface area contributed by atoms with Gasteiger partial charge in [-0.15, -0.1) is 22.1 Å². The van der Waals surface area contributed by atoms with E-state index < -0.39 is 0 Å². The molecule has 0 saturated carbocycles. The number of benzene rings is 4. The minimum Gasteiger partial charge on any atom is -0.657 e. The van der Waals surface area contributed by atoms with E-state index in [4.69, 9.17) is 38.9 Å². The number of methoxy groups -OCH3 is 4. The van der Waals surface area contributed by atoms with Crippen molar-refractivity contribution in [3.63, 3.8) is 0 Å². The van der Waals surface area contributed by atoms with E-state index in [0.29, 0.717) is 39.3 Å². The Morgan fingerprint density at radius 1 is 0.441 bits per heavy atom. The number of hydrogen-bond acceptors (Lipinski definition) is 7. The van der Waals surface area contributed by atoms with Crippen LogP contribution in [0.15, 0.2) is 115 Å². The molecule has 59 heavy (non-hydrogen) atoms. The number of hydrogen-bond donors (Lipinski definition) is 0. The molecular weight excluding hydrogens is 788 g/mol. The van der Waals surface area contributed by atoms with Gasteiger partial charge in [-0.3, -0.25) is 4.79 Å². The first-order valence-electron chi connectivity index (χ1n) is 18.7. The number of ether oxygens (including phenoxy) is 4. The normalized spacial score (nSPS) is 12.3. The maximum Gasteiger partial charge on any atom is 2.00 e. The molecular formula is C49H34CuN4O5. The summed E-state index contributed by atoms with van der Waals surface area (Å²) in [4.78, 5) is 35.8. The number of fused-ring (bicyclic) bond motifs is 10. The van der Waals surface area contributed by atoms with E-state index in [0.717, 1.165) is 84.2 Å². The molecule has 0 amide bonds. The average Bonchev–Trinajstić information content (AvgIpc) is 4.11. The van der Waals surface area contributed by atoms with Crippen molar-refractivity contribution >= 4 is 51.7 Å². The third kappa shape index (κ3) is 6.30. The topological polar surface area (TPSA) is 108 Å². The molecule has 8 bridgehead atoms. The summed E-state index contributed by atoms with van der Waals surface area (Å²) in [5.41, 5.74) is 13.1. The summed E-state index contributed by atoms with van der Waals surface area (Å²) in [7, 11) is 6.54. The number of Topliss-reactive ketones (excluding diaryl/α,β-unsaturated/α-hetero) is 1. The number of carbonyl (C=O) groups is 1. The molecule has 4 aromatic carbocycles. The monoisotopic (exact) mass is 821 g/mol. The van der Waals surface area contributed by atoms with E-state index in [9.17, 15) is 4.79 Å². The summed E-state index contributed by atoms with van der Waals surface area (Å²) in [6.45, 7) is 0. The molecule has 10 heteroatoms. The summed E-state index contributed by atoms with van der Waals surface area (Å²) in [6, 6.07) is 37.2. The predicted octanol–water partition coefficient (Wildman–Crippen LogP) is 10.2. The summed E-state index contributed by atoms with van der Waals surface area (Å²) in [6.07, 6.45) is 5.94. The van der Waals surface area contributed by atoms with Crippen LogP contribution >= 0.6 is 0 Å². The third-order valence-corrected chi connectivity index (χ3v) is 10.8. The van der Waals surface area contributed by atoms with Crippen molar-refractivity contribution in [2.45, 2.75) is 0 Å². The second-order valence-electron chi connectivity index (χ2n) is 14.0. The number of allylic oxidation sites excluding steroid dienone is 1. The van der Waals surface area contributed by atoms with Gasteiger partial charge in [0.1, 0.15) is 23.0 Å². The van der Waals surface area contributed by atoms with E-state index in [1.807, 2.05) is 127 Å². The van der Waals surface area contributed by atoms with Gasteiger partial charge in [0.25, 0.3) is 0 Å². The Kier molecular flexibility index (Phi) is 9.51. The molecule has 2 aliphatic heterocycles. The van der Waals surface area contributed by atoms with E-state index in [1.54, 1.807) is 34.5 Å². The van der Waals surface area contributed by atoms with Crippen LogP contribution in [0, 0.1) is 0 Å². The number of ketones is 1. The van der Waals surface area contributed by atoms with Crippen molar-refractivity contribution in [3.8, 4) is 67.5 Å². The molecule has 0 unspecified atom stereocenters. The van der Waals surface area contributed by atoms with Crippen LogP contribution in [0.3, 0.4) is 0 Å². The fourth-order valence-corrected chi connectivity index (χ4v) is 7.97. The van der Waals surface area contributed by atoms with Gasteiger partial charge >= 0.3 is 17.1 Å². The van der Waals surface area contributed by atoms with Crippen molar-refractivity contribution in [2.24, 2.45) is 0 Å². The molecule has 7 aromatic rings. The number of aromatic nitrogens is 4. The van der Waals surface area contributed by atoms with Crippen LogP contribution in [0.25, 0.3) is 90.4 Å². The second kappa shape index (κ2) is 15.0. The Labute approximate surface area is 350 Å². The molecule has 10 rings (SSSR count). The van der Waals surface area contributed by atoms with Gasteiger partial charge in [0.15, 0.2) is 5.78 Å². The van der Waals surface area contributed by atoms with E-state index in [1.165, 1.54) is 0 Å². The molecule has 0 atom stereocenters. The zero-order chi connectivity index (χ0) is 39.5. The van der Waals surface area contributed by atoms with E-state index in [2.05, 4.69) is 0 Å². The summed E-state index contributed by atoms with van der Waals surface area (Å²) < 4.78 is 22.2. The first-order chi connectivity index (χ1) is 28.4. The molecule has 3 aromatic heterocycles. The molecule has 9 nitrogen and oxygen atoms in total. The maximum atomic E-state index is 14.5. The van der Waals surface area contributed by atoms with Gasteiger partial charge in [-0.2, -0.15) is 0 Å². The van der Waals surface area contributed by atoms with Gasteiger partial charge in [-0.05, 0) is 117 Å². The first kappa shape index (κ1) is 37.4. The molecule has 0 spiro atoms. The van der Waals surface area contributed by atoms with Gasteiger partial charge in [0.2, 0.25) is 0 Å². The Morgan fingerprint density at radius 2 is 0.847 bits per heavy atom. The van der Waals surface area contributed by atoms with Crippen LogP contribution in [0.4, 0.5) is 0 Å². The molecule has 0 N–H and O–H groups in total. The van der Waals surface area contributed by atoms with Gasteiger partial charge in [-0.25, -0.2) is 9.97 Å². The molecule has 1 radical (unpaired) electrons. The van der Waals surface area contributed by atoms with Crippen molar-refractivity contribution in [3.05, 3.63) is 144 Å². The smallest absolute Gasteiger partial charge is 0.657 e. The zero-order valence-electron chi connectivity index (χ0n) is 32.3. The fourth-order valence-electron chi connectivity index (χ4n) is 7.97. The number of nitrogens with zero attached hydrogens (tertiary/aromatic N) is 4. The molecule has 5 heterocycles. The first-order valence-corrected chi connectivity index (χ1v) is 18.7. The van der Waals surface area contributed by atoms with Crippen LogP contribution in [-0.2, 0) is 17.1 Å². The van der Waals surface area contributed by atoms with Crippen molar-refractivity contribution < 1.29 is 40.8 Å². The summed E-state index contributed by atoms with van der Waals surface area (Å²) in [5.74, 6) is 2.64. The number of rotatable bonds is 7. The van der Waals surface area contributed by atoms with Crippen molar-refractivity contribution in [2.75, 3.05) is 28.4 Å². The van der Waals surface area contributed by atoms with E-state index in [-0.39, 0.29) is 22.9 Å². The Balaban J connectivity index is 0.00000449. The van der Waals surface area contributed by atoms with Crippen LogP contribution < -0.4 is 28.9 Å². The largest absolute Gasteiger partial charge is 2.00 e. The van der Waals surface area contributed by atoms with Crippen LogP contribution in [-0.4, -0.2) is 44.2 Å². The second-order valence-corrected chi connectivity index (χ2v) is 14.0. The Bertz CT molecular complexity index is 3050. The quantitative estimate of drug-likeness (QED) is 0.145. The van der Waals surface area contributed by atoms with Gasteiger partial charge in [0.05, 0.1) is 56.8 Å². The Morgan fingerprint density at radius 3 is 1.29 bits per heavy atom. The van der Waals surface area contributed by atoms with Crippen LogP contribution in [0.1, 0.15) is 33.1 Å². The molecule has 1 aliphatic carbocycles. The standard InChI is InChI=1S/C49H35N4O5.Cu/c1-55-30-11-5-27(6-12-30)44-37-19-20-38(50-37)45(28-7-13-31(56-2)14-8-28)40-23-24-42(52-40)47-34-18-17-33(58-4)25-35(34)49(54)36-26-43(53-48(36)47)46(41-22-21-39(44)51-41)29-9-15-32(57-3)16-10-29;/h5-26H,1-4H3,(H-,50,51,52,53,54);/q-1;+2/p-1. The number of carbonyl (C=O) groups excluding carboxylic acids is 1. The zero-order valence-corrected chi connectivity index (χ0v) is 33.3. The summed E-state index contributed by atoms with van der Waals surface area (Å²) in [5, 5.41) is 0. The van der Waals surface area contributed by atoms with Gasteiger partial charge < -0.3 is 28.9 Å². The SMILES string of the molecule is COc1ccc(-c2c3nc(c(-c4ccc(OC)cc4)c4ccc([n-]4)c4c5nc(c(-c6ccc(OC)cc6)c6ccc2[n-]6)C=C5C(=O)c2cc(OC)ccc2-4)C=C3)cc1.[Cu+2]. The van der Waals surface area contributed by atoms with E-state index >= 15 is 0 Å². The molecule has 0 fully saturated rings. The summed E-state index contributed by atoms with van der Waals surface area (Å²) >= 11 is 0. The van der Waals surface area contributed by atoms with Crippen molar-refractivity contribution in [1.29, 1.82) is 0 Å². The minimum atomic E-state index is -0.143.